The molecule has 2 aromatic rings. The van der Waals surface area contributed by atoms with Crippen LogP contribution in [0.4, 0.5) is 0 Å². The van der Waals surface area contributed by atoms with Gasteiger partial charge in [-0.3, -0.25) is 0 Å². The lowest BCUT2D eigenvalue weighted by Crippen LogP contribution is -1.78. The highest BCUT2D eigenvalue weighted by atomic mass is 32.2. The van der Waals surface area contributed by atoms with Crippen molar-refractivity contribution in [2.75, 3.05) is 0 Å². The van der Waals surface area contributed by atoms with Crippen LogP contribution in [0, 0.1) is 18.3 Å². The van der Waals surface area contributed by atoms with E-state index >= 15 is 0 Å². The van der Waals surface area contributed by atoms with E-state index in [0.29, 0.717) is 11.3 Å². The van der Waals surface area contributed by atoms with Gasteiger partial charge in [-0.15, -0.1) is 0 Å². The van der Waals surface area contributed by atoms with Gasteiger partial charge in [0, 0.05) is 9.79 Å². The van der Waals surface area contributed by atoms with Gasteiger partial charge >= 0.3 is 0 Å². The monoisotopic (exact) mass is 241 g/mol. The third-order valence-corrected chi connectivity index (χ3v) is 3.38. The minimum atomic E-state index is 0.314. The maximum atomic E-state index is 9.43. The second-order valence-corrected chi connectivity index (χ2v) is 4.83. The number of benzene rings is 2. The Morgan fingerprint density at radius 2 is 1.71 bits per heavy atom. The Labute approximate surface area is 105 Å². The maximum absolute atomic E-state index is 9.43. The standard InChI is InChI=1S/C14H11NOS/c1-10-8-13(6-7-14(10)16)17-12-4-2-11(9-15)3-5-12/h2-8,16H,1H3. The number of nitriles is 1. The summed E-state index contributed by atoms with van der Waals surface area (Å²) in [5.74, 6) is 0.314. The fourth-order valence-corrected chi connectivity index (χ4v) is 2.34. The Balaban J connectivity index is 2.20. The summed E-state index contributed by atoms with van der Waals surface area (Å²) in [7, 11) is 0. The number of aromatic hydroxyl groups is 1. The molecule has 0 radical (unpaired) electrons. The van der Waals surface area contributed by atoms with Crippen LogP contribution in [0.1, 0.15) is 11.1 Å². The second-order valence-electron chi connectivity index (χ2n) is 3.69. The summed E-state index contributed by atoms with van der Waals surface area (Å²) in [4.78, 5) is 2.15. The number of hydrogen-bond acceptors (Lipinski definition) is 3. The number of hydrogen-bond donors (Lipinski definition) is 1. The summed E-state index contributed by atoms with van der Waals surface area (Å²) in [6.07, 6.45) is 0. The molecule has 3 heteroatoms. The van der Waals surface area contributed by atoms with E-state index in [-0.39, 0.29) is 0 Å². The molecule has 0 atom stereocenters. The first kappa shape index (κ1) is 11.6. The molecule has 0 saturated carbocycles. The van der Waals surface area contributed by atoms with Gasteiger partial charge in [-0.2, -0.15) is 5.26 Å². The zero-order chi connectivity index (χ0) is 12.3. The molecular formula is C14H11NOS. The summed E-state index contributed by atoms with van der Waals surface area (Å²) in [6.45, 7) is 1.87. The van der Waals surface area contributed by atoms with E-state index in [1.165, 1.54) is 0 Å². The molecule has 0 unspecified atom stereocenters. The van der Waals surface area contributed by atoms with Gasteiger partial charge in [-0.05, 0) is 55.0 Å². The van der Waals surface area contributed by atoms with Crippen LogP contribution in [-0.4, -0.2) is 5.11 Å². The topological polar surface area (TPSA) is 44.0 Å². The Morgan fingerprint density at radius 1 is 1.06 bits per heavy atom. The molecule has 0 aromatic heterocycles. The van der Waals surface area contributed by atoms with Crippen molar-refractivity contribution in [1.82, 2.24) is 0 Å². The normalized spacial score (nSPS) is 9.88. The van der Waals surface area contributed by atoms with Gasteiger partial charge in [-0.1, -0.05) is 11.8 Å². The Morgan fingerprint density at radius 3 is 2.29 bits per heavy atom. The molecule has 0 heterocycles. The molecule has 2 nitrogen and oxygen atoms in total. The number of phenolic OH excluding ortho intramolecular Hbond substituents is 1. The minimum Gasteiger partial charge on any atom is -0.508 e. The van der Waals surface area contributed by atoms with E-state index in [2.05, 4.69) is 6.07 Å². The smallest absolute Gasteiger partial charge is 0.118 e. The second kappa shape index (κ2) is 4.94. The zero-order valence-corrected chi connectivity index (χ0v) is 10.2. The Bertz CT molecular complexity index is 570. The van der Waals surface area contributed by atoms with Crippen molar-refractivity contribution < 1.29 is 5.11 Å². The molecule has 0 amide bonds. The van der Waals surface area contributed by atoms with Crippen LogP contribution < -0.4 is 0 Å². The van der Waals surface area contributed by atoms with Crippen molar-refractivity contribution in [1.29, 1.82) is 5.26 Å². The predicted octanol–water partition coefficient (Wildman–Crippen LogP) is 3.72. The molecule has 0 aliphatic rings. The van der Waals surface area contributed by atoms with Gasteiger partial charge in [0.25, 0.3) is 0 Å². The summed E-state index contributed by atoms with van der Waals surface area (Å²) < 4.78 is 0. The van der Waals surface area contributed by atoms with Crippen LogP contribution in [0.5, 0.6) is 5.75 Å². The van der Waals surface area contributed by atoms with Crippen LogP contribution in [0.15, 0.2) is 52.3 Å². The molecule has 2 aromatic carbocycles. The molecule has 0 aliphatic heterocycles. The SMILES string of the molecule is Cc1cc(Sc2ccc(C#N)cc2)ccc1O. The van der Waals surface area contributed by atoms with Gasteiger partial charge in [0.15, 0.2) is 0 Å². The first-order valence-corrected chi connectivity index (χ1v) is 5.98. The van der Waals surface area contributed by atoms with Gasteiger partial charge in [0.05, 0.1) is 11.6 Å². The predicted molar refractivity (Wildman–Crippen MR) is 68.1 cm³/mol. The van der Waals surface area contributed by atoms with E-state index in [0.717, 1.165) is 15.4 Å². The highest BCUT2D eigenvalue weighted by molar-refractivity contribution is 7.99. The lowest BCUT2D eigenvalue weighted by molar-refractivity contribution is 0.470. The first-order valence-electron chi connectivity index (χ1n) is 5.16. The molecule has 1 N–H and O–H groups in total. The summed E-state index contributed by atoms with van der Waals surface area (Å²) in [6, 6.07) is 15.1. The molecule has 17 heavy (non-hydrogen) atoms. The molecule has 2 rings (SSSR count). The van der Waals surface area contributed by atoms with Gasteiger partial charge in [-0.25, -0.2) is 0 Å². The van der Waals surface area contributed by atoms with Crippen LogP contribution in [0.2, 0.25) is 0 Å². The van der Waals surface area contributed by atoms with Gasteiger partial charge in [0.1, 0.15) is 5.75 Å². The summed E-state index contributed by atoms with van der Waals surface area (Å²) in [5.41, 5.74) is 1.53. The third kappa shape index (κ3) is 2.80. The Kier molecular flexibility index (Phi) is 3.36. The van der Waals surface area contributed by atoms with E-state index in [1.54, 1.807) is 30.0 Å². The maximum Gasteiger partial charge on any atom is 0.118 e. The molecular weight excluding hydrogens is 230 g/mol. The first-order chi connectivity index (χ1) is 8.19. The van der Waals surface area contributed by atoms with Crippen LogP contribution in [0.25, 0.3) is 0 Å². The van der Waals surface area contributed by atoms with E-state index in [9.17, 15) is 5.11 Å². The lowest BCUT2D eigenvalue weighted by Gasteiger charge is -2.04. The van der Waals surface area contributed by atoms with E-state index in [1.807, 2.05) is 31.2 Å². The van der Waals surface area contributed by atoms with E-state index in [4.69, 9.17) is 5.26 Å². The summed E-state index contributed by atoms with van der Waals surface area (Å²) in [5, 5.41) is 18.1. The quantitative estimate of drug-likeness (QED) is 0.871. The molecule has 0 saturated heterocycles. The number of phenols is 1. The minimum absolute atomic E-state index is 0.314. The van der Waals surface area contributed by atoms with Crippen molar-refractivity contribution in [3.8, 4) is 11.8 Å². The Hall–Kier alpha value is -1.92. The largest absolute Gasteiger partial charge is 0.508 e. The average Bonchev–Trinajstić information content (AvgIpc) is 2.35. The molecule has 0 bridgehead atoms. The number of aryl methyl sites for hydroxylation is 1. The van der Waals surface area contributed by atoms with Crippen molar-refractivity contribution in [2.24, 2.45) is 0 Å². The molecule has 84 valence electrons. The van der Waals surface area contributed by atoms with Crippen LogP contribution in [0.3, 0.4) is 0 Å². The fourth-order valence-electron chi connectivity index (χ4n) is 1.43. The average molecular weight is 241 g/mol. The van der Waals surface area contributed by atoms with E-state index < -0.39 is 0 Å². The van der Waals surface area contributed by atoms with Crippen molar-refractivity contribution in [2.45, 2.75) is 16.7 Å². The molecule has 0 aliphatic carbocycles. The van der Waals surface area contributed by atoms with Crippen molar-refractivity contribution in [3.05, 3.63) is 53.6 Å². The number of nitrogens with zero attached hydrogens (tertiary/aromatic N) is 1. The van der Waals surface area contributed by atoms with Gasteiger partial charge in [0.2, 0.25) is 0 Å². The van der Waals surface area contributed by atoms with Crippen molar-refractivity contribution in [3.63, 3.8) is 0 Å². The van der Waals surface area contributed by atoms with Gasteiger partial charge < -0.3 is 5.11 Å². The molecule has 0 spiro atoms. The van der Waals surface area contributed by atoms with Crippen LogP contribution >= 0.6 is 11.8 Å². The summed E-state index contributed by atoms with van der Waals surface area (Å²) >= 11 is 1.61. The highest BCUT2D eigenvalue weighted by Crippen LogP contribution is 2.30. The fraction of sp³-hybridized carbons (Fsp3) is 0.0714. The third-order valence-electron chi connectivity index (χ3n) is 2.39. The lowest BCUT2D eigenvalue weighted by atomic mass is 10.2. The zero-order valence-electron chi connectivity index (χ0n) is 9.34. The molecule has 0 fully saturated rings. The van der Waals surface area contributed by atoms with Crippen molar-refractivity contribution >= 4 is 11.8 Å². The highest BCUT2D eigenvalue weighted by Gasteiger charge is 2.01. The number of rotatable bonds is 2. The van der Waals surface area contributed by atoms with Crippen LogP contribution in [-0.2, 0) is 0 Å².